The summed E-state index contributed by atoms with van der Waals surface area (Å²) in [7, 11) is 1.36. The highest BCUT2D eigenvalue weighted by molar-refractivity contribution is 5.98. The summed E-state index contributed by atoms with van der Waals surface area (Å²) >= 11 is 0. The fraction of sp³-hybridized carbons (Fsp3) is 0.238. The highest BCUT2D eigenvalue weighted by atomic mass is 19.1. The zero-order chi connectivity index (χ0) is 19.0. The minimum absolute atomic E-state index is 0.139. The number of rotatable bonds is 4. The van der Waals surface area contributed by atoms with E-state index in [1.807, 2.05) is 24.3 Å². The van der Waals surface area contributed by atoms with E-state index in [4.69, 9.17) is 4.74 Å². The van der Waals surface area contributed by atoms with Crippen molar-refractivity contribution in [2.24, 2.45) is 0 Å². The molecule has 1 aromatic heterocycles. The average Bonchev–Trinajstić information content (AvgIpc) is 3.23. The highest BCUT2D eigenvalue weighted by Gasteiger charge is 2.35. The van der Waals surface area contributed by atoms with Crippen LogP contribution in [0.15, 0.2) is 48.5 Å². The van der Waals surface area contributed by atoms with Gasteiger partial charge in [0.05, 0.1) is 13.5 Å². The fourth-order valence-electron chi connectivity index (χ4n) is 3.82. The number of fused-ring (bicyclic) bond motifs is 2. The first-order valence-electron chi connectivity index (χ1n) is 8.79. The van der Waals surface area contributed by atoms with Crippen molar-refractivity contribution >= 4 is 22.8 Å². The van der Waals surface area contributed by atoms with Crippen molar-refractivity contribution in [1.29, 1.82) is 0 Å². The number of aromatic amines is 1. The van der Waals surface area contributed by atoms with Crippen molar-refractivity contribution in [3.05, 3.63) is 71.2 Å². The summed E-state index contributed by atoms with van der Waals surface area (Å²) in [6.45, 7) is 0. The van der Waals surface area contributed by atoms with Gasteiger partial charge in [-0.1, -0.05) is 24.3 Å². The third-order valence-corrected chi connectivity index (χ3v) is 5.14. The second-order valence-electron chi connectivity index (χ2n) is 6.78. The molecule has 0 bridgehead atoms. The van der Waals surface area contributed by atoms with Crippen molar-refractivity contribution < 1.29 is 18.7 Å². The van der Waals surface area contributed by atoms with E-state index in [1.165, 1.54) is 19.2 Å². The van der Waals surface area contributed by atoms with Crippen LogP contribution in [0.4, 0.5) is 4.39 Å². The van der Waals surface area contributed by atoms with E-state index in [0.29, 0.717) is 23.0 Å². The number of halogens is 1. The lowest BCUT2D eigenvalue weighted by molar-refractivity contribution is -0.141. The Balaban J connectivity index is 1.58. The van der Waals surface area contributed by atoms with Gasteiger partial charge in [0.1, 0.15) is 11.5 Å². The van der Waals surface area contributed by atoms with E-state index < -0.39 is 0 Å². The Bertz CT molecular complexity index is 1030. The first-order chi connectivity index (χ1) is 13.0. The number of benzene rings is 2. The van der Waals surface area contributed by atoms with Gasteiger partial charge in [0.25, 0.3) is 5.91 Å². The summed E-state index contributed by atoms with van der Waals surface area (Å²) in [6.07, 6.45) is 0.856. The molecule has 0 spiro atoms. The number of amides is 1. The molecule has 0 saturated carbocycles. The smallest absolute Gasteiger partial charge is 0.306 e. The maximum atomic E-state index is 13.4. The third kappa shape index (κ3) is 3.30. The average molecular weight is 366 g/mol. The van der Waals surface area contributed by atoms with Crippen LogP contribution < -0.4 is 5.32 Å². The summed E-state index contributed by atoms with van der Waals surface area (Å²) in [6, 6.07) is 13.6. The molecule has 1 amide bonds. The van der Waals surface area contributed by atoms with Gasteiger partial charge >= 0.3 is 5.97 Å². The molecule has 1 aliphatic rings. The molecule has 27 heavy (non-hydrogen) atoms. The van der Waals surface area contributed by atoms with E-state index in [0.717, 1.165) is 11.1 Å². The Morgan fingerprint density at radius 3 is 2.85 bits per heavy atom. The SMILES string of the molecule is COC(=O)C[C@@H]1c2ccccc2C[C@H]1NC(=O)c1cc2cc(F)ccc2[nH]1. The molecule has 4 rings (SSSR count). The molecule has 0 aliphatic heterocycles. The van der Waals surface area contributed by atoms with Crippen LogP contribution in [-0.2, 0) is 16.0 Å². The van der Waals surface area contributed by atoms with Crippen molar-refractivity contribution in [2.75, 3.05) is 7.11 Å². The van der Waals surface area contributed by atoms with Crippen LogP contribution in [0.2, 0.25) is 0 Å². The number of hydrogen-bond acceptors (Lipinski definition) is 3. The molecule has 3 aromatic rings. The number of aromatic nitrogens is 1. The Labute approximate surface area is 155 Å². The minimum Gasteiger partial charge on any atom is -0.469 e. The summed E-state index contributed by atoms with van der Waals surface area (Å²) in [5.41, 5.74) is 3.24. The van der Waals surface area contributed by atoms with Gasteiger partial charge in [0, 0.05) is 22.9 Å². The zero-order valence-corrected chi connectivity index (χ0v) is 14.8. The molecule has 0 unspecified atom stereocenters. The van der Waals surface area contributed by atoms with Crippen LogP contribution in [0.25, 0.3) is 10.9 Å². The predicted molar refractivity (Wildman–Crippen MR) is 99.0 cm³/mol. The number of methoxy groups -OCH3 is 1. The number of esters is 1. The Kier molecular flexibility index (Phi) is 4.39. The second-order valence-corrected chi connectivity index (χ2v) is 6.78. The van der Waals surface area contributed by atoms with Crippen LogP contribution in [-0.4, -0.2) is 30.0 Å². The molecule has 0 fully saturated rings. The van der Waals surface area contributed by atoms with Crippen LogP contribution in [0.1, 0.15) is 34.0 Å². The Morgan fingerprint density at radius 2 is 2.04 bits per heavy atom. The maximum Gasteiger partial charge on any atom is 0.306 e. The van der Waals surface area contributed by atoms with E-state index in [2.05, 4.69) is 10.3 Å². The van der Waals surface area contributed by atoms with Gasteiger partial charge in [0.2, 0.25) is 0 Å². The van der Waals surface area contributed by atoms with Gasteiger partial charge in [-0.25, -0.2) is 4.39 Å². The standard InChI is InChI=1S/C21H19FN2O3/c1-27-20(25)11-16-15-5-3-2-4-12(15)9-18(16)24-21(26)19-10-13-8-14(22)6-7-17(13)23-19/h2-8,10,16,18,23H,9,11H2,1H3,(H,24,26)/t16-,18-/m1/s1. The summed E-state index contributed by atoms with van der Waals surface area (Å²) < 4.78 is 18.2. The highest BCUT2D eigenvalue weighted by Crippen LogP contribution is 2.36. The zero-order valence-electron chi connectivity index (χ0n) is 14.8. The number of H-pyrrole nitrogens is 1. The minimum atomic E-state index is -0.349. The number of ether oxygens (including phenoxy) is 1. The molecule has 2 N–H and O–H groups in total. The third-order valence-electron chi connectivity index (χ3n) is 5.14. The number of nitrogens with one attached hydrogen (secondary N) is 2. The Hall–Kier alpha value is -3.15. The molecule has 6 heteroatoms. The van der Waals surface area contributed by atoms with Crippen molar-refractivity contribution in [1.82, 2.24) is 10.3 Å². The lowest BCUT2D eigenvalue weighted by atomic mass is 9.94. The quantitative estimate of drug-likeness (QED) is 0.696. The lowest BCUT2D eigenvalue weighted by Crippen LogP contribution is -2.38. The van der Waals surface area contributed by atoms with E-state index >= 15 is 0 Å². The number of hydrogen-bond donors (Lipinski definition) is 2. The van der Waals surface area contributed by atoms with Gasteiger partial charge in [-0.3, -0.25) is 9.59 Å². The van der Waals surface area contributed by atoms with E-state index in [1.54, 1.807) is 12.1 Å². The van der Waals surface area contributed by atoms with Crippen LogP contribution in [0.3, 0.4) is 0 Å². The van der Waals surface area contributed by atoms with Gasteiger partial charge in [-0.15, -0.1) is 0 Å². The van der Waals surface area contributed by atoms with E-state index in [-0.39, 0.29) is 36.1 Å². The summed E-state index contributed by atoms with van der Waals surface area (Å²) in [5, 5.41) is 3.67. The van der Waals surface area contributed by atoms with Crippen LogP contribution >= 0.6 is 0 Å². The van der Waals surface area contributed by atoms with E-state index in [9.17, 15) is 14.0 Å². The van der Waals surface area contributed by atoms with Gasteiger partial charge in [-0.2, -0.15) is 0 Å². The molecule has 0 saturated heterocycles. The van der Waals surface area contributed by atoms with Gasteiger partial charge in [0.15, 0.2) is 0 Å². The van der Waals surface area contributed by atoms with Gasteiger partial charge < -0.3 is 15.0 Å². The van der Waals surface area contributed by atoms with Crippen LogP contribution in [0.5, 0.6) is 0 Å². The molecule has 1 aliphatic carbocycles. The monoisotopic (exact) mass is 366 g/mol. The molecular weight excluding hydrogens is 347 g/mol. The first kappa shape index (κ1) is 17.3. The summed E-state index contributed by atoms with van der Waals surface area (Å²) in [4.78, 5) is 27.6. The molecule has 5 nitrogen and oxygen atoms in total. The first-order valence-corrected chi connectivity index (χ1v) is 8.79. The molecule has 138 valence electrons. The van der Waals surface area contributed by atoms with Crippen molar-refractivity contribution in [2.45, 2.75) is 24.8 Å². The maximum absolute atomic E-state index is 13.4. The number of carbonyl (C=O) groups excluding carboxylic acids is 2. The number of carbonyl (C=O) groups is 2. The molecular formula is C21H19FN2O3. The van der Waals surface area contributed by atoms with Crippen LogP contribution in [0, 0.1) is 5.82 Å². The molecule has 2 atom stereocenters. The van der Waals surface area contributed by atoms with Crippen molar-refractivity contribution in [3.63, 3.8) is 0 Å². The fourth-order valence-corrected chi connectivity index (χ4v) is 3.82. The largest absolute Gasteiger partial charge is 0.469 e. The summed E-state index contributed by atoms with van der Waals surface area (Å²) in [5.74, 6) is -1.08. The molecule has 1 heterocycles. The predicted octanol–water partition coefficient (Wildman–Crippen LogP) is 3.31. The molecule has 2 aromatic carbocycles. The topological polar surface area (TPSA) is 71.2 Å². The van der Waals surface area contributed by atoms with Gasteiger partial charge in [-0.05, 0) is 41.8 Å². The lowest BCUT2D eigenvalue weighted by Gasteiger charge is -2.20. The Morgan fingerprint density at radius 1 is 1.22 bits per heavy atom. The molecule has 0 radical (unpaired) electrons. The second kappa shape index (κ2) is 6.87. The van der Waals surface area contributed by atoms with Crippen molar-refractivity contribution in [3.8, 4) is 0 Å². The normalized spacial score (nSPS) is 18.3.